The summed E-state index contributed by atoms with van der Waals surface area (Å²) in [6.45, 7) is 0.414. The van der Waals surface area contributed by atoms with Gasteiger partial charge in [0.1, 0.15) is 5.60 Å². The molecule has 0 aliphatic carbocycles. The van der Waals surface area contributed by atoms with Gasteiger partial charge in [0.2, 0.25) is 0 Å². The van der Waals surface area contributed by atoms with Gasteiger partial charge in [0, 0.05) is 18.1 Å². The molecule has 0 bridgehead atoms. The Bertz CT molecular complexity index is 648. The summed E-state index contributed by atoms with van der Waals surface area (Å²) in [5.41, 5.74) is 0.730. The molecule has 1 aromatic heterocycles. The third kappa shape index (κ3) is 3.04. The van der Waals surface area contributed by atoms with E-state index >= 15 is 0 Å². The van der Waals surface area contributed by atoms with Gasteiger partial charge in [-0.2, -0.15) is 11.8 Å². The average Bonchev–Trinajstić information content (AvgIpc) is 2.53. The minimum atomic E-state index is -1.20. The third-order valence-corrected chi connectivity index (χ3v) is 4.91. The number of benzene rings is 1. The molecule has 1 saturated heterocycles. The number of rotatable bonds is 3. The van der Waals surface area contributed by atoms with Crippen LogP contribution in [0.15, 0.2) is 36.5 Å². The number of aromatic nitrogens is 1. The Balaban J connectivity index is 1.73. The van der Waals surface area contributed by atoms with E-state index in [1.807, 2.05) is 30.3 Å². The number of thioether (sulfide) groups is 1. The van der Waals surface area contributed by atoms with E-state index in [9.17, 15) is 9.90 Å². The zero-order valence-electron chi connectivity index (χ0n) is 11.7. The number of aliphatic hydroxyl groups is 1. The predicted molar refractivity (Wildman–Crippen MR) is 85.1 cm³/mol. The Morgan fingerprint density at radius 3 is 2.86 bits per heavy atom. The SMILES string of the molecule is O=C(NCc1ccnc2ccccc12)C1(O)CCSCC1. The van der Waals surface area contributed by atoms with Crippen molar-refractivity contribution >= 4 is 28.6 Å². The molecule has 5 heteroatoms. The van der Waals surface area contributed by atoms with Crippen molar-refractivity contribution in [1.29, 1.82) is 0 Å². The van der Waals surface area contributed by atoms with Crippen molar-refractivity contribution < 1.29 is 9.90 Å². The monoisotopic (exact) mass is 302 g/mol. The lowest BCUT2D eigenvalue weighted by Crippen LogP contribution is -2.48. The summed E-state index contributed by atoms with van der Waals surface area (Å²) in [6, 6.07) is 9.76. The van der Waals surface area contributed by atoms with Gasteiger partial charge in [0.05, 0.1) is 5.52 Å². The van der Waals surface area contributed by atoms with Gasteiger partial charge in [-0.3, -0.25) is 9.78 Å². The normalized spacial score (nSPS) is 17.6. The number of nitrogens with zero attached hydrogens (tertiary/aromatic N) is 1. The molecule has 3 rings (SSSR count). The smallest absolute Gasteiger partial charge is 0.252 e. The molecule has 110 valence electrons. The number of hydrogen-bond donors (Lipinski definition) is 2. The van der Waals surface area contributed by atoms with Gasteiger partial charge in [-0.25, -0.2) is 0 Å². The first kappa shape index (κ1) is 14.4. The van der Waals surface area contributed by atoms with Crippen LogP contribution in [0.25, 0.3) is 10.9 Å². The highest BCUT2D eigenvalue weighted by molar-refractivity contribution is 7.99. The first-order chi connectivity index (χ1) is 10.2. The molecule has 2 heterocycles. The van der Waals surface area contributed by atoms with Crippen LogP contribution in [0, 0.1) is 0 Å². The van der Waals surface area contributed by atoms with Crippen molar-refractivity contribution in [1.82, 2.24) is 10.3 Å². The number of carbonyl (C=O) groups excluding carboxylic acids is 1. The minimum Gasteiger partial charge on any atom is -0.380 e. The summed E-state index contributed by atoms with van der Waals surface area (Å²) in [5.74, 6) is 1.41. The van der Waals surface area contributed by atoms with Crippen LogP contribution < -0.4 is 5.32 Å². The minimum absolute atomic E-state index is 0.260. The van der Waals surface area contributed by atoms with Crippen molar-refractivity contribution in [2.75, 3.05) is 11.5 Å². The fourth-order valence-electron chi connectivity index (χ4n) is 2.59. The Morgan fingerprint density at radius 1 is 1.29 bits per heavy atom. The zero-order chi connectivity index (χ0) is 14.7. The van der Waals surface area contributed by atoms with Crippen LogP contribution in [0.2, 0.25) is 0 Å². The van der Waals surface area contributed by atoms with E-state index in [4.69, 9.17) is 0 Å². The first-order valence-corrected chi connectivity index (χ1v) is 8.26. The van der Waals surface area contributed by atoms with Crippen molar-refractivity contribution in [3.63, 3.8) is 0 Å². The molecule has 0 saturated carbocycles. The second-order valence-corrected chi connectivity index (χ2v) is 6.54. The standard InChI is InChI=1S/C16H18N2O2S/c19-15(16(20)6-9-21-10-7-16)18-11-12-5-8-17-14-4-2-1-3-13(12)14/h1-5,8,20H,6-7,9-11H2,(H,18,19). The fraction of sp³-hybridized carbons (Fsp3) is 0.375. The lowest BCUT2D eigenvalue weighted by Gasteiger charge is -2.30. The molecule has 1 amide bonds. The molecule has 21 heavy (non-hydrogen) atoms. The van der Waals surface area contributed by atoms with Crippen LogP contribution in [0.3, 0.4) is 0 Å². The average molecular weight is 302 g/mol. The summed E-state index contributed by atoms with van der Waals surface area (Å²) in [5, 5.41) is 14.3. The summed E-state index contributed by atoms with van der Waals surface area (Å²) in [7, 11) is 0. The second kappa shape index (κ2) is 6.03. The van der Waals surface area contributed by atoms with Crippen molar-refractivity contribution in [2.24, 2.45) is 0 Å². The molecule has 1 aromatic carbocycles. The van der Waals surface area contributed by atoms with Crippen LogP contribution >= 0.6 is 11.8 Å². The van der Waals surface area contributed by atoms with Gasteiger partial charge in [-0.05, 0) is 42.0 Å². The van der Waals surface area contributed by atoms with E-state index in [1.54, 1.807) is 18.0 Å². The number of para-hydroxylation sites is 1. The van der Waals surface area contributed by atoms with E-state index in [0.717, 1.165) is 28.0 Å². The van der Waals surface area contributed by atoms with Gasteiger partial charge in [0.15, 0.2) is 0 Å². The van der Waals surface area contributed by atoms with Crippen LogP contribution in [0.4, 0.5) is 0 Å². The van der Waals surface area contributed by atoms with E-state index < -0.39 is 5.60 Å². The molecule has 0 spiro atoms. The van der Waals surface area contributed by atoms with Crippen LogP contribution in [-0.2, 0) is 11.3 Å². The molecule has 1 aliphatic rings. The van der Waals surface area contributed by atoms with Crippen LogP contribution in [-0.4, -0.2) is 33.1 Å². The van der Waals surface area contributed by atoms with Crippen LogP contribution in [0.1, 0.15) is 18.4 Å². The largest absolute Gasteiger partial charge is 0.380 e. The van der Waals surface area contributed by atoms with Gasteiger partial charge >= 0.3 is 0 Å². The van der Waals surface area contributed by atoms with Crippen molar-refractivity contribution in [2.45, 2.75) is 25.0 Å². The number of amides is 1. The van der Waals surface area contributed by atoms with Gasteiger partial charge in [-0.15, -0.1) is 0 Å². The van der Waals surface area contributed by atoms with Crippen molar-refractivity contribution in [3.05, 3.63) is 42.1 Å². The molecular weight excluding hydrogens is 284 g/mol. The predicted octanol–water partition coefficient (Wildman–Crippen LogP) is 2.11. The fourth-order valence-corrected chi connectivity index (χ4v) is 3.75. The summed E-state index contributed by atoms with van der Waals surface area (Å²) in [6.07, 6.45) is 2.80. The van der Waals surface area contributed by atoms with E-state index in [2.05, 4.69) is 10.3 Å². The van der Waals surface area contributed by atoms with E-state index in [1.165, 1.54) is 0 Å². The highest BCUT2D eigenvalue weighted by Gasteiger charge is 2.37. The molecule has 0 atom stereocenters. The number of fused-ring (bicyclic) bond motifs is 1. The lowest BCUT2D eigenvalue weighted by molar-refractivity contribution is -0.140. The topological polar surface area (TPSA) is 62.2 Å². The summed E-state index contributed by atoms with van der Waals surface area (Å²) in [4.78, 5) is 16.6. The maximum Gasteiger partial charge on any atom is 0.252 e. The Labute approximate surface area is 128 Å². The third-order valence-electron chi connectivity index (χ3n) is 3.92. The Kier molecular flexibility index (Phi) is 4.12. The molecule has 1 aliphatic heterocycles. The second-order valence-electron chi connectivity index (χ2n) is 5.31. The van der Waals surface area contributed by atoms with Gasteiger partial charge in [-0.1, -0.05) is 18.2 Å². The number of pyridine rings is 1. The number of hydrogen-bond acceptors (Lipinski definition) is 4. The highest BCUT2D eigenvalue weighted by atomic mass is 32.2. The molecule has 2 N–H and O–H groups in total. The lowest BCUT2D eigenvalue weighted by atomic mass is 9.95. The molecule has 4 nitrogen and oxygen atoms in total. The number of nitrogens with one attached hydrogen (secondary N) is 1. The maximum absolute atomic E-state index is 12.2. The Morgan fingerprint density at radius 2 is 2.05 bits per heavy atom. The van der Waals surface area contributed by atoms with Crippen LogP contribution in [0.5, 0.6) is 0 Å². The first-order valence-electron chi connectivity index (χ1n) is 7.10. The zero-order valence-corrected chi connectivity index (χ0v) is 12.5. The molecule has 2 aromatic rings. The molecule has 1 fully saturated rings. The maximum atomic E-state index is 12.2. The quantitative estimate of drug-likeness (QED) is 0.911. The molecule has 0 unspecified atom stereocenters. The highest BCUT2D eigenvalue weighted by Crippen LogP contribution is 2.27. The van der Waals surface area contributed by atoms with Gasteiger partial charge in [0.25, 0.3) is 5.91 Å². The molecule has 0 radical (unpaired) electrons. The Hall–Kier alpha value is -1.59. The summed E-state index contributed by atoms with van der Waals surface area (Å²) >= 11 is 1.78. The van der Waals surface area contributed by atoms with Gasteiger partial charge < -0.3 is 10.4 Å². The van der Waals surface area contributed by atoms with Crippen molar-refractivity contribution in [3.8, 4) is 0 Å². The number of carbonyl (C=O) groups is 1. The summed E-state index contributed by atoms with van der Waals surface area (Å²) < 4.78 is 0. The molecular formula is C16H18N2O2S. The van der Waals surface area contributed by atoms with E-state index in [0.29, 0.717) is 19.4 Å². The van der Waals surface area contributed by atoms with E-state index in [-0.39, 0.29) is 5.91 Å².